The average Bonchev–Trinajstić information content (AvgIpc) is 3.62. The zero-order valence-electron chi connectivity index (χ0n) is 26.4. The molecule has 0 bridgehead atoms. The fourth-order valence-electron chi connectivity index (χ4n) is 5.77. The maximum Gasteiger partial charge on any atom is 0.475 e. The lowest BCUT2D eigenvalue weighted by molar-refractivity contribution is -0.140. The van der Waals surface area contributed by atoms with Gasteiger partial charge in [0.15, 0.2) is 41.6 Å². The van der Waals surface area contributed by atoms with E-state index in [-0.39, 0.29) is 52.8 Å². The van der Waals surface area contributed by atoms with Crippen molar-refractivity contribution in [1.82, 2.24) is 19.5 Å². The summed E-state index contributed by atoms with van der Waals surface area (Å²) >= 11 is 7.27. The van der Waals surface area contributed by atoms with Crippen molar-refractivity contribution >= 4 is 66.1 Å². The largest absolute Gasteiger partial charge is 0.482 e. The zero-order valence-corrected chi connectivity index (χ0v) is 28.9. The second-order valence-electron chi connectivity index (χ2n) is 11.5. The summed E-state index contributed by atoms with van der Waals surface area (Å²) in [6.07, 6.45) is -3.81. The number of nitrogens with zero attached hydrogens (tertiary/aromatic N) is 4. The number of carbonyl (C=O) groups excluding carboxylic acids is 1. The van der Waals surface area contributed by atoms with Gasteiger partial charge in [-0.25, -0.2) is 29.1 Å². The lowest BCUT2D eigenvalue weighted by Crippen LogP contribution is -2.39. The zero-order chi connectivity index (χ0) is 36.7. The molecule has 2 saturated heterocycles. The van der Waals surface area contributed by atoms with Crippen LogP contribution in [0.3, 0.4) is 0 Å². The Morgan fingerprint density at radius 1 is 1.12 bits per heavy atom. The SMILES string of the molecule is Nc1ncnc2c1nc(Sc1ccc(Cl)cc1)n2C1OC2COP(=O)(OCC3CC(=O)Oc4cc(OCC(=O)O)cc(OCC(=O)O)c43)OC2C1O. The molecule has 0 amide bonds. The first-order chi connectivity index (χ1) is 24.9. The van der Waals surface area contributed by atoms with Gasteiger partial charge in [-0.3, -0.25) is 22.9 Å². The second kappa shape index (κ2) is 14.5. The minimum atomic E-state index is -4.43. The molecule has 7 rings (SSSR count). The van der Waals surface area contributed by atoms with E-state index < -0.39 is 76.0 Å². The highest BCUT2D eigenvalue weighted by atomic mass is 35.5. The van der Waals surface area contributed by atoms with Crippen LogP contribution in [0.15, 0.2) is 52.8 Å². The maximum atomic E-state index is 13.8. The third-order valence-corrected chi connectivity index (χ3v) is 10.6. The molecule has 5 heterocycles. The highest BCUT2D eigenvalue weighted by Gasteiger charge is 2.54. The lowest BCUT2D eigenvalue weighted by atomic mass is 9.92. The van der Waals surface area contributed by atoms with Gasteiger partial charge in [-0.15, -0.1) is 0 Å². The molecule has 19 nitrogen and oxygen atoms in total. The van der Waals surface area contributed by atoms with Gasteiger partial charge >= 0.3 is 25.7 Å². The van der Waals surface area contributed by atoms with Crippen molar-refractivity contribution in [1.29, 1.82) is 0 Å². The van der Waals surface area contributed by atoms with Crippen LogP contribution in [-0.4, -0.2) is 97.5 Å². The number of aliphatic hydroxyl groups excluding tert-OH is 1. The molecule has 274 valence electrons. The number of aromatic nitrogens is 4. The van der Waals surface area contributed by atoms with Crippen LogP contribution in [0.5, 0.6) is 17.2 Å². The fraction of sp³-hybridized carbons (Fsp3) is 0.333. The molecule has 2 fully saturated rings. The van der Waals surface area contributed by atoms with E-state index in [0.29, 0.717) is 10.2 Å². The minimum Gasteiger partial charge on any atom is -0.482 e. The van der Waals surface area contributed by atoms with Crippen molar-refractivity contribution in [2.45, 2.75) is 46.9 Å². The number of benzene rings is 2. The Balaban J connectivity index is 1.11. The molecule has 5 N–H and O–H groups in total. The molecule has 3 aliphatic rings. The number of ether oxygens (including phenoxy) is 4. The molecule has 6 atom stereocenters. The molecular formula is C30H27ClN5O14PS. The number of imidazole rings is 1. The minimum absolute atomic E-state index is 0.0759. The Kier molecular flexibility index (Phi) is 9.98. The van der Waals surface area contributed by atoms with Crippen LogP contribution in [0, 0.1) is 0 Å². The number of aliphatic hydroxyl groups is 1. The summed E-state index contributed by atoms with van der Waals surface area (Å²) in [5.41, 5.74) is 6.79. The van der Waals surface area contributed by atoms with E-state index in [2.05, 4.69) is 15.0 Å². The highest BCUT2D eigenvalue weighted by Crippen LogP contribution is 2.58. The number of nitrogens with two attached hydrogens (primary N) is 1. The second-order valence-corrected chi connectivity index (χ2v) is 14.6. The Bertz CT molecular complexity index is 2100. The first-order valence-corrected chi connectivity index (χ1v) is 17.9. The smallest absolute Gasteiger partial charge is 0.475 e. The summed E-state index contributed by atoms with van der Waals surface area (Å²) in [4.78, 5) is 48.6. The van der Waals surface area contributed by atoms with Gasteiger partial charge in [0, 0.05) is 33.5 Å². The van der Waals surface area contributed by atoms with Gasteiger partial charge in [0.2, 0.25) is 0 Å². The quantitative estimate of drug-likeness (QED) is 0.0914. The molecular weight excluding hydrogens is 753 g/mol. The van der Waals surface area contributed by atoms with Gasteiger partial charge < -0.3 is 40.0 Å². The molecule has 0 saturated carbocycles. The Morgan fingerprint density at radius 2 is 1.87 bits per heavy atom. The van der Waals surface area contributed by atoms with Crippen LogP contribution in [0.4, 0.5) is 5.82 Å². The van der Waals surface area contributed by atoms with Crippen LogP contribution >= 0.6 is 31.2 Å². The summed E-state index contributed by atoms with van der Waals surface area (Å²) in [6, 6.07) is 9.44. The van der Waals surface area contributed by atoms with Crippen molar-refractivity contribution in [2.75, 3.05) is 32.2 Å². The number of rotatable bonds is 12. The molecule has 0 spiro atoms. The van der Waals surface area contributed by atoms with Crippen molar-refractivity contribution in [3.05, 3.63) is 53.3 Å². The topological polar surface area (TPSA) is 263 Å². The fourth-order valence-corrected chi connectivity index (χ4v) is 8.25. The highest BCUT2D eigenvalue weighted by molar-refractivity contribution is 7.99. The van der Waals surface area contributed by atoms with Crippen LogP contribution in [0.1, 0.15) is 24.1 Å². The van der Waals surface area contributed by atoms with E-state index in [9.17, 15) is 29.2 Å². The van der Waals surface area contributed by atoms with E-state index in [1.807, 2.05) is 0 Å². The van der Waals surface area contributed by atoms with Crippen molar-refractivity contribution in [2.24, 2.45) is 0 Å². The van der Waals surface area contributed by atoms with Gasteiger partial charge in [0.05, 0.1) is 19.6 Å². The molecule has 2 aromatic carbocycles. The first-order valence-electron chi connectivity index (χ1n) is 15.3. The number of esters is 1. The average molecular weight is 780 g/mol. The van der Waals surface area contributed by atoms with Crippen LogP contribution in [-0.2, 0) is 37.3 Å². The molecule has 2 aromatic heterocycles. The molecule has 0 radical (unpaired) electrons. The number of carbonyl (C=O) groups is 3. The lowest BCUT2D eigenvalue weighted by Gasteiger charge is -2.32. The van der Waals surface area contributed by atoms with Crippen LogP contribution in [0.2, 0.25) is 5.02 Å². The number of halogens is 1. The number of aliphatic carboxylic acids is 2. The standard InChI is InChI=1S/C30H27ClN5O14PS/c31-14-1-3-16(4-2-14)52-30-35-24-27(32)33-12-34-28(24)36(30)29-25(42)26-19(49-29)9-47-51(43,50-26)46-8-13-5-22(41)48-18-7-15(44-10-20(37)38)6-17(23(13)18)45-11-21(39)40/h1-4,6-7,12-13,19,25-26,29,42H,5,8-11H2,(H,37,38)(H,39,40)(H2,32,33,34). The molecule has 52 heavy (non-hydrogen) atoms. The summed E-state index contributed by atoms with van der Waals surface area (Å²) in [7, 11) is -4.43. The molecule has 3 aliphatic heterocycles. The van der Waals surface area contributed by atoms with Gasteiger partial charge in [0.25, 0.3) is 0 Å². The number of hydrogen-bond acceptors (Lipinski definition) is 17. The molecule has 22 heteroatoms. The number of phosphoric acid groups is 1. The van der Waals surface area contributed by atoms with E-state index in [1.54, 1.807) is 24.3 Å². The summed E-state index contributed by atoms with van der Waals surface area (Å²) < 4.78 is 54.4. The summed E-state index contributed by atoms with van der Waals surface area (Å²) in [5, 5.41) is 30.6. The van der Waals surface area contributed by atoms with E-state index >= 15 is 0 Å². The van der Waals surface area contributed by atoms with E-state index in [4.69, 9.17) is 55.0 Å². The Labute approximate surface area is 301 Å². The Morgan fingerprint density at radius 3 is 2.62 bits per heavy atom. The van der Waals surface area contributed by atoms with Crippen molar-refractivity contribution in [3.8, 4) is 17.2 Å². The third-order valence-electron chi connectivity index (χ3n) is 7.98. The number of nitrogen functional groups attached to an aromatic ring is 1. The van der Waals surface area contributed by atoms with Crippen molar-refractivity contribution < 1.29 is 66.8 Å². The van der Waals surface area contributed by atoms with Gasteiger partial charge in [-0.2, -0.15) is 0 Å². The number of carboxylic acid groups (broad SMARTS) is 2. The molecule has 6 unspecified atom stereocenters. The predicted molar refractivity (Wildman–Crippen MR) is 175 cm³/mol. The number of phosphoric ester groups is 1. The van der Waals surface area contributed by atoms with Crippen LogP contribution in [0.25, 0.3) is 11.2 Å². The summed E-state index contributed by atoms with van der Waals surface area (Å²) in [5.74, 6) is -4.44. The summed E-state index contributed by atoms with van der Waals surface area (Å²) in [6.45, 7) is -2.33. The number of carboxylic acids is 2. The third kappa shape index (κ3) is 7.37. The number of hydrogen-bond donors (Lipinski definition) is 4. The number of anilines is 1. The van der Waals surface area contributed by atoms with Gasteiger partial charge in [-0.1, -0.05) is 23.4 Å². The monoisotopic (exact) mass is 779 g/mol. The van der Waals surface area contributed by atoms with Gasteiger partial charge in [0.1, 0.15) is 41.9 Å². The molecule has 4 aromatic rings. The predicted octanol–water partition coefficient (Wildman–Crippen LogP) is 3.03. The Hall–Kier alpha value is -4.53. The first kappa shape index (κ1) is 35.9. The van der Waals surface area contributed by atoms with Crippen LogP contribution < -0.4 is 19.9 Å². The number of fused-ring (bicyclic) bond motifs is 3. The maximum absolute atomic E-state index is 13.8. The van der Waals surface area contributed by atoms with E-state index in [0.717, 1.165) is 4.90 Å². The van der Waals surface area contributed by atoms with Crippen molar-refractivity contribution in [3.63, 3.8) is 0 Å². The molecule has 0 aliphatic carbocycles. The van der Waals surface area contributed by atoms with E-state index in [1.165, 1.54) is 34.8 Å². The van der Waals surface area contributed by atoms with Gasteiger partial charge in [-0.05, 0) is 24.3 Å². The normalized spacial score (nSPS) is 25.3.